The van der Waals surface area contributed by atoms with Gasteiger partial charge in [-0.3, -0.25) is 0 Å². The van der Waals surface area contributed by atoms with Gasteiger partial charge in [0.05, 0.1) is 0 Å². The van der Waals surface area contributed by atoms with Crippen LogP contribution in [0.15, 0.2) is 12.4 Å². The van der Waals surface area contributed by atoms with Crippen molar-refractivity contribution in [2.24, 2.45) is 11.8 Å². The van der Waals surface area contributed by atoms with Crippen molar-refractivity contribution in [1.29, 1.82) is 0 Å². The number of fused-ring (bicyclic) bond motifs is 2. The largest absolute Gasteiger partial charge is 0.310 e. The number of hydrogen-bond acceptors (Lipinski definition) is 3. The molecule has 0 amide bonds. The van der Waals surface area contributed by atoms with Crippen molar-refractivity contribution >= 4 is 0 Å². The maximum Gasteiger partial charge on any atom is 0.131 e. The molecule has 3 atom stereocenters. The quantitative estimate of drug-likeness (QED) is 0.886. The first-order valence-electron chi connectivity index (χ1n) is 7.26. The Morgan fingerprint density at radius 3 is 2.56 bits per heavy atom. The average molecular weight is 245 g/mol. The Bertz CT molecular complexity index is 399. The molecule has 1 aromatic heterocycles. The molecular weight excluding hydrogens is 222 g/mol. The van der Waals surface area contributed by atoms with E-state index in [2.05, 4.69) is 29.1 Å². The van der Waals surface area contributed by atoms with Crippen molar-refractivity contribution in [2.45, 2.75) is 58.0 Å². The van der Waals surface area contributed by atoms with Crippen LogP contribution in [0.5, 0.6) is 0 Å². The third-order valence-electron chi connectivity index (χ3n) is 4.51. The summed E-state index contributed by atoms with van der Waals surface area (Å²) in [5.41, 5.74) is 1.19. The molecular formula is C15H23N3. The van der Waals surface area contributed by atoms with Gasteiger partial charge in [-0.15, -0.1) is 0 Å². The average Bonchev–Trinajstić information content (AvgIpc) is 2.99. The third kappa shape index (κ3) is 2.41. The molecule has 98 valence electrons. The summed E-state index contributed by atoms with van der Waals surface area (Å²) >= 11 is 0. The molecule has 0 radical (unpaired) electrons. The minimum absolute atomic E-state index is 0.509. The fourth-order valence-corrected chi connectivity index (χ4v) is 3.53. The van der Waals surface area contributed by atoms with Crippen LogP contribution in [-0.2, 0) is 6.54 Å². The zero-order chi connectivity index (χ0) is 12.5. The Balaban J connectivity index is 1.64. The van der Waals surface area contributed by atoms with Gasteiger partial charge in [-0.05, 0) is 31.1 Å². The van der Waals surface area contributed by atoms with Crippen molar-refractivity contribution in [3.8, 4) is 0 Å². The summed E-state index contributed by atoms with van der Waals surface area (Å²) in [6.07, 6.45) is 9.60. The molecule has 3 heteroatoms. The van der Waals surface area contributed by atoms with Crippen LogP contribution < -0.4 is 5.32 Å². The van der Waals surface area contributed by atoms with Crippen molar-refractivity contribution in [1.82, 2.24) is 15.3 Å². The van der Waals surface area contributed by atoms with Gasteiger partial charge in [0.2, 0.25) is 0 Å². The molecule has 1 N–H and O–H groups in total. The van der Waals surface area contributed by atoms with E-state index in [1.807, 2.05) is 12.4 Å². The first-order valence-corrected chi connectivity index (χ1v) is 7.26. The Hall–Kier alpha value is -0.960. The van der Waals surface area contributed by atoms with Crippen LogP contribution in [0.1, 0.15) is 56.8 Å². The second kappa shape index (κ2) is 4.96. The highest BCUT2D eigenvalue weighted by Gasteiger charge is 2.41. The number of nitrogens with zero attached hydrogens (tertiary/aromatic N) is 2. The molecule has 18 heavy (non-hydrogen) atoms. The Kier molecular flexibility index (Phi) is 3.33. The first-order chi connectivity index (χ1) is 8.72. The van der Waals surface area contributed by atoms with Gasteiger partial charge in [0.25, 0.3) is 0 Å². The van der Waals surface area contributed by atoms with Gasteiger partial charge in [-0.2, -0.15) is 0 Å². The highest BCUT2D eigenvalue weighted by molar-refractivity contribution is 5.11. The predicted molar refractivity (Wildman–Crippen MR) is 72.2 cm³/mol. The van der Waals surface area contributed by atoms with Gasteiger partial charge in [-0.1, -0.05) is 20.3 Å². The third-order valence-corrected chi connectivity index (χ3v) is 4.51. The summed E-state index contributed by atoms with van der Waals surface area (Å²) in [5.74, 6) is 3.58. The second-order valence-electron chi connectivity index (χ2n) is 6.27. The van der Waals surface area contributed by atoms with E-state index >= 15 is 0 Å². The normalized spacial score (nSPS) is 30.3. The standard InChI is InChI=1S/C15H23N3/c1-10(2)16-7-12-8-17-15(18-9-12)14-6-11-3-4-13(14)5-11/h8-11,13-14,16H,3-7H2,1-2H3. The molecule has 3 unspecified atom stereocenters. The molecule has 1 heterocycles. The smallest absolute Gasteiger partial charge is 0.131 e. The molecule has 2 fully saturated rings. The summed E-state index contributed by atoms with van der Waals surface area (Å²) in [6.45, 7) is 5.18. The van der Waals surface area contributed by atoms with Gasteiger partial charge in [-0.25, -0.2) is 9.97 Å². The zero-order valence-electron chi connectivity index (χ0n) is 11.4. The van der Waals surface area contributed by atoms with Crippen LogP contribution in [0.25, 0.3) is 0 Å². The summed E-state index contributed by atoms with van der Waals surface area (Å²) < 4.78 is 0. The van der Waals surface area contributed by atoms with Gasteiger partial charge in [0.1, 0.15) is 5.82 Å². The zero-order valence-corrected chi connectivity index (χ0v) is 11.4. The molecule has 3 rings (SSSR count). The summed E-state index contributed by atoms with van der Waals surface area (Å²) in [5, 5.41) is 3.40. The lowest BCUT2D eigenvalue weighted by Crippen LogP contribution is -2.22. The highest BCUT2D eigenvalue weighted by Crippen LogP contribution is 2.51. The Labute approximate surface area is 109 Å². The van der Waals surface area contributed by atoms with Gasteiger partial charge in [0, 0.05) is 36.5 Å². The highest BCUT2D eigenvalue weighted by atomic mass is 14.9. The lowest BCUT2D eigenvalue weighted by molar-refractivity contribution is 0.405. The van der Waals surface area contributed by atoms with E-state index in [1.54, 1.807) is 0 Å². The SMILES string of the molecule is CC(C)NCc1cnc(C2CC3CCC2C3)nc1. The molecule has 0 spiro atoms. The van der Waals surface area contributed by atoms with E-state index in [0.29, 0.717) is 12.0 Å². The van der Waals surface area contributed by atoms with E-state index < -0.39 is 0 Å². The fraction of sp³-hybridized carbons (Fsp3) is 0.733. The number of aromatic nitrogens is 2. The van der Waals surface area contributed by atoms with Crippen LogP contribution in [0.4, 0.5) is 0 Å². The van der Waals surface area contributed by atoms with Gasteiger partial charge >= 0.3 is 0 Å². The van der Waals surface area contributed by atoms with E-state index in [1.165, 1.54) is 31.2 Å². The van der Waals surface area contributed by atoms with Crippen molar-refractivity contribution < 1.29 is 0 Å². The second-order valence-corrected chi connectivity index (χ2v) is 6.27. The number of nitrogens with one attached hydrogen (secondary N) is 1. The molecule has 0 aromatic carbocycles. The lowest BCUT2D eigenvalue weighted by Gasteiger charge is -2.20. The minimum atomic E-state index is 0.509. The van der Waals surface area contributed by atoms with Crippen molar-refractivity contribution in [3.63, 3.8) is 0 Å². The molecule has 1 aromatic rings. The maximum atomic E-state index is 4.61. The summed E-state index contributed by atoms with van der Waals surface area (Å²) in [6, 6.07) is 0.509. The monoisotopic (exact) mass is 245 g/mol. The summed E-state index contributed by atoms with van der Waals surface area (Å²) in [7, 11) is 0. The summed E-state index contributed by atoms with van der Waals surface area (Å²) in [4.78, 5) is 9.21. The van der Waals surface area contributed by atoms with E-state index in [0.717, 1.165) is 24.2 Å². The minimum Gasteiger partial charge on any atom is -0.310 e. The van der Waals surface area contributed by atoms with E-state index in [4.69, 9.17) is 0 Å². The molecule has 2 aliphatic carbocycles. The van der Waals surface area contributed by atoms with Gasteiger partial charge in [0.15, 0.2) is 0 Å². The molecule has 3 nitrogen and oxygen atoms in total. The van der Waals surface area contributed by atoms with Crippen molar-refractivity contribution in [3.05, 3.63) is 23.8 Å². The maximum absolute atomic E-state index is 4.61. The van der Waals surface area contributed by atoms with Crippen LogP contribution in [-0.4, -0.2) is 16.0 Å². The van der Waals surface area contributed by atoms with Crippen molar-refractivity contribution in [2.75, 3.05) is 0 Å². The Morgan fingerprint density at radius 2 is 2.00 bits per heavy atom. The van der Waals surface area contributed by atoms with Gasteiger partial charge < -0.3 is 5.32 Å². The van der Waals surface area contributed by atoms with Crippen LogP contribution in [0, 0.1) is 11.8 Å². The first kappa shape index (κ1) is 12.1. The lowest BCUT2D eigenvalue weighted by atomic mass is 9.88. The molecule has 0 aliphatic heterocycles. The molecule has 2 aliphatic rings. The predicted octanol–water partition coefficient (Wildman–Crippen LogP) is 2.88. The van der Waals surface area contributed by atoms with E-state index in [-0.39, 0.29) is 0 Å². The number of rotatable bonds is 4. The molecule has 0 saturated heterocycles. The number of hydrogen-bond donors (Lipinski definition) is 1. The molecule has 2 bridgehead atoms. The van der Waals surface area contributed by atoms with Crippen LogP contribution >= 0.6 is 0 Å². The topological polar surface area (TPSA) is 37.8 Å². The molecule has 2 saturated carbocycles. The van der Waals surface area contributed by atoms with Crippen LogP contribution in [0.3, 0.4) is 0 Å². The van der Waals surface area contributed by atoms with Crippen LogP contribution in [0.2, 0.25) is 0 Å². The van der Waals surface area contributed by atoms with E-state index in [9.17, 15) is 0 Å². The Morgan fingerprint density at radius 1 is 1.22 bits per heavy atom. The fourth-order valence-electron chi connectivity index (χ4n) is 3.53.